The molecule has 3 aromatic carbocycles. The van der Waals surface area contributed by atoms with Gasteiger partial charge in [-0.15, -0.1) is 0 Å². The normalized spacial score (nSPS) is 10.9. The van der Waals surface area contributed by atoms with Crippen molar-refractivity contribution >= 4 is 22.7 Å². The van der Waals surface area contributed by atoms with Gasteiger partial charge in [-0.25, -0.2) is 4.98 Å². The van der Waals surface area contributed by atoms with Crippen molar-refractivity contribution in [2.45, 2.75) is 27.2 Å². The lowest BCUT2D eigenvalue weighted by Crippen LogP contribution is -2.20. The Balaban J connectivity index is 1.34. The molecule has 5 heteroatoms. The van der Waals surface area contributed by atoms with Crippen LogP contribution in [0.3, 0.4) is 0 Å². The Morgan fingerprint density at radius 2 is 1.70 bits per heavy atom. The Hall–Kier alpha value is -3.60. The lowest BCUT2D eigenvalue weighted by molar-refractivity contribution is -0.118. The fraction of sp³-hybridized carbons (Fsp3) is 0.200. The fourth-order valence-corrected chi connectivity index (χ4v) is 3.34. The SMILES string of the molecule is Cc1ccc(OCC(=O)Nc2ccc(Cc3nc4cc(C)ccc4o3)cc2)c(C)c1. The van der Waals surface area contributed by atoms with Crippen molar-refractivity contribution in [2.75, 3.05) is 11.9 Å². The quantitative estimate of drug-likeness (QED) is 0.473. The van der Waals surface area contributed by atoms with Gasteiger partial charge in [0.15, 0.2) is 18.1 Å². The van der Waals surface area contributed by atoms with E-state index in [2.05, 4.69) is 10.3 Å². The van der Waals surface area contributed by atoms with Crippen LogP contribution in [0.2, 0.25) is 0 Å². The van der Waals surface area contributed by atoms with Crippen molar-refractivity contribution < 1.29 is 13.9 Å². The van der Waals surface area contributed by atoms with Crippen LogP contribution in [0.5, 0.6) is 5.75 Å². The molecule has 4 rings (SSSR count). The summed E-state index contributed by atoms with van der Waals surface area (Å²) in [4.78, 5) is 16.8. The van der Waals surface area contributed by atoms with E-state index in [0.29, 0.717) is 12.3 Å². The van der Waals surface area contributed by atoms with E-state index < -0.39 is 0 Å². The van der Waals surface area contributed by atoms with Gasteiger partial charge in [-0.3, -0.25) is 4.79 Å². The molecule has 1 N–H and O–H groups in total. The summed E-state index contributed by atoms with van der Waals surface area (Å²) in [5.74, 6) is 1.20. The van der Waals surface area contributed by atoms with Gasteiger partial charge in [0.2, 0.25) is 0 Å². The predicted octanol–water partition coefficient (Wildman–Crippen LogP) is 5.36. The Kier molecular flexibility index (Phi) is 5.53. The number of nitrogens with one attached hydrogen (secondary N) is 1. The van der Waals surface area contributed by atoms with Crippen molar-refractivity contribution in [1.82, 2.24) is 4.98 Å². The molecule has 0 unspecified atom stereocenters. The number of nitrogens with zero attached hydrogens (tertiary/aromatic N) is 1. The second kappa shape index (κ2) is 8.41. The van der Waals surface area contributed by atoms with E-state index in [0.717, 1.165) is 44.8 Å². The van der Waals surface area contributed by atoms with Gasteiger partial charge < -0.3 is 14.5 Å². The minimum atomic E-state index is -0.197. The first-order chi connectivity index (χ1) is 14.5. The molecule has 1 amide bonds. The third kappa shape index (κ3) is 4.69. The lowest BCUT2D eigenvalue weighted by Gasteiger charge is -2.10. The van der Waals surface area contributed by atoms with Crippen molar-refractivity contribution in [3.05, 3.63) is 88.8 Å². The summed E-state index contributed by atoms with van der Waals surface area (Å²) in [6.07, 6.45) is 0.595. The number of rotatable bonds is 6. The first kappa shape index (κ1) is 19.7. The van der Waals surface area contributed by atoms with Crippen LogP contribution in [0.15, 0.2) is 65.1 Å². The molecule has 1 heterocycles. The summed E-state index contributed by atoms with van der Waals surface area (Å²) in [6, 6.07) is 19.5. The van der Waals surface area contributed by atoms with E-state index in [9.17, 15) is 4.79 Å². The van der Waals surface area contributed by atoms with E-state index in [1.807, 2.05) is 81.4 Å². The molecular formula is C25H24N2O3. The zero-order chi connectivity index (χ0) is 21.1. The fourth-order valence-electron chi connectivity index (χ4n) is 3.34. The number of ether oxygens (including phenoxy) is 1. The Labute approximate surface area is 175 Å². The van der Waals surface area contributed by atoms with Gasteiger partial charge in [0.25, 0.3) is 5.91 Å². The monoisotopic (exact) mass is 400 g/mol. The Morgan fingerprint density at radius 1 is 0.967 bits per heavy atom. The van der Waals surface area contributed by atoms with Gasteiger partial charge in [0.1, 0.15) is 11.3 Å². The number of amides is 1. The van der Waals surface area contributed by atoms with E-state index in [1.165, 1.54) is 0 Å². The van der Waals surface area contributed by atoms with Crippen molar-refractivity contribution in [3.8, 4) is 5.75 Å². The first-order valence-corrected chi connectivity index (χ1v) is 9.91. The van der Waals surface area contributed by atoms with Crippen molar-refractivity contribution in [1.29, 1.82) is 0 Å². The number of hydrogen-bond acceptors (Lipinski definition) is 4. The maximum absolute atomic E-state index is 12.2. The molecule has 0 aliphatic carbocycles. The molecule has 152 valence electrons. The van der Waals surface area contributed by atoms with Crippen molar-refractivity contribution in [3.63, 3.8) is 0 Å². The molecule has 0 fully saturated rings. The molecule has 4 aromatic rings. The molecule has 0 saturated heterocycles. The largest absolute Gasteiger partial charge is 0.483 e. The van der Waals surface area contributed by atoms with Crippen LogP contribution in [0.1, 0.15) is 28.1 Å². The highest BCUT2D eigenvalue weighted by Gasteiger charge is 2.09. The zero-order valence-electron chi connectivity index (χ0n) is 17.4. The van der Waals surface area contributed by atoms with Crippen LogP contribution in [0.4, 0.5) is 5.69 Å². The van der Waals surface area contributed by atoms with Gasteiger partial charge in [0.05, 0.1) is 0 Å². The molecule has 5 nitrogen and oxygen atoms in total. The summed E-state index contributed by atoms with van der Waals surface area (Å²) < 4.78 is 11.4. The van der Waals surface area contributed by atoms with Gasteiger partial charge in [-0.1, -0.05) is 35.9 Å². The van der Waals surface area contributed by atoms with Gasteiger partial charge in [0, 0.05) is 12.1 Å². The van der Waals surface area contributed by atoms with Crippen LogP contribution < -0.4 is 10.1 Å². The number of fused-ring (bicyclic) bond motifs is 1. The van der Waals surface area contributed by atoms with Gasteiger partial charge in [-0.05, 0) is 67.8 Å². The Bertz CT molecular complexity index is 1190. The highest BCUT2D eigenvalue weighted by atomic mass is 16.5. The second-order valence-electron chi connectivity index (χ2n) is 7.56. The molecule has 0 aliphatic heterocycles. The second-order valence-corrected chi connectivity index (χ2v) is 7.56. The number of carbonyl (C=O) groups excluding carboxylic acids is 1. The molecule has 0 radical (unpaired) electrons. The third-order valence-corrected chi connectivity index (χ3v) is 4.87. The summed E-state index contributed by atoms with van der Waals surface area (Å²) in [7, 11) is 0. The number of aromatic nitrogens is 1. The van der Waals surface area contributed by atoms with E-state index >= 15 is 0 Å². The summed E-state index contributed by atoms with van der Waals surface area (Å²) in [5.41, 5.74) is 6.78. The molecule has 0 saturated carbocycles. The van der Waals surface area contributed by atoms with E-state index in [1.54, 1.807) is 0 Å². The summed E-state index contributed by atoms with van der Waals surface area (Å²) in [6.45, 7) is 6.00. The number of oxazole rings is 1. The number of hydrogen-bond donors (Lipinski definition) is 1. The maximum atomic E-state index is 12.2. The lowest BCUT2D eigenvalue weighted by atomic mass is 10.1. The number of benzene rings is 3. The highest BCUT2D eigenvalue weighted by molar-refractivity contribution is 5.91. The molecule has 0 aliphatic rings. The molecule has 0 bridgehead atoms. The minimum absolute atomic E-state index is 0.0338. The molecule has 0 spiro atoms. The van der Waals surface area contributed by atoms with Crippen LogP contribution >= 0.6 is 0 Å². The first-order valence-electron chi connectivity index (χ1n) is 9.91. The van der Waals surface area contributed by atoms with E-state index in [-0.39, 0.29) is 12.5 Å². The topological polar surface area (TPSA) is 64.4 Å². The smallest absolute Gasteiger partial charge is 0.262 e. The highest BCUT2D eigenvalue weighted by Crippen LogP contribution is 2.21. The van der Waals surface area contributed by atoms with Crippen LogP contribution in [0.25, 0.3) is 11.1 Å². The average Bonchev–Trinajstić information content (AvgIpc) is 3.10. The third-order valence-electron chi connectivity index (χ3n) is 4.87. The average molecular weight is 400 g/mol. The van der Waals surface area contributed by atoms with Crippen molar-refractivity contribution in [2.24, 2.45) is 0 Å². The number of aryl methyl sites for hydroxylation is 3. The molecule has 30 heavy (non-hydrogen) atoms. The minimum Gasteiger partial charge on any atom is -0.483 e. The molecule has 0 atom stereocenters. The van der Waals surface area contributed by atoms with E-state index in [4.69, 9.17) is 9.15 Å². The molecule has 1 aromatic heterocycles. The molecular weight excluding hydrogens is 376 g/mol. The summed E-state index contributed by atoms with van der Waals surface area (Å²) in [5, 5.41) is 2.86. The number of anilines is 1. The predicted molar refractivity (Wildman–Crippen MR) is 118 cm³/mol. The Morgan fingerprint density at radius 3 is 2.47 bits per heavy atom. The maximum Gasteiger partial charge on any atom is 0.262 e. The van der Waals surface area contributed by atoms with Crippen LogP contribution in [0, 0.1) is 20.8 Å². The van der Waals surface area contributed by atoms with Gasteiger partial charge >= 0.3 is 0 Å². The zero-order valence-corrected chi connectivity index (χ0v) is 17.4. The van der Waals surface area contributed by atoms with Gasteiger partial charge in [-0.2, -0.15) is 0 Å². The summed E-state index contributed by atoms with van der Waals surface area (Å²) >= 11 is 0. The van der Waals surface area contributed by atoms with Crippen LogP contribution in [-0.4, -0.2) is 17.5 Å². The standard InChI is InChI=1S/C25H24N2O3/c1-16-4-10-22(18(3)12-16)29-15-24(28)26-20-8-6-19(7-9-20)14-25-27-21-13-17(2)5-11-23(21)30-25/h4-13H,14-15H2,1-3H3,(H,26,28). The van der Waals surface area contributed by atoms with Crippen LogP contribution in [-0.2, 0) is 11.2 Å². The number of carbonyl (C=O) groups is 1.